The Morgan fingerprint density at radius 1 is 0.228 bits per heavy atom. The van der Waals surface area contributed by atoms with Crippen molar-refractivity contribution in [1.82, 2.24) is 0 Å². The van der Waals surface area contributed by atoms with Gasteiger partial charge in [0.15, 0.2) is 8.07 Å². The van der Waals surface area contributed by atoms with E-state index in [9.17, 15) is 0 Å². The summed E-state index contributed by atoms with van der Waals surface area (Å²) in [6, 6.07) is 89.2. The van der Waals surface area contributed by atoms with Crippen LogP contribution in [0.5, 0.6) is 0 Å². The number of benzene rings is 9. The smallest absolute Gasteiger partial charge is 0.181 e. The quantitative estimate of drug-likeness (QED) is 0.143. The Balaban J connectivity index is 1.35. The van der Waals surface area contributed by atoms with Crippen molar-refractivity contribution >= 4 is 62.9 Å². The number of rotatable bonds is 8. The zero-order valence-corrected chi connectivity index (χ0v) is 32.5. The van der Waals surface area contributed by atoms with Crippen LogP contribution in [0.3, 0.4) is 0 Å². The SMILES string of the molecule is c1ccc(N(c2ccccc2)c2ccc3c(c2)[Si](c2ccccc2)(c2ccccc2)c2cc(N(c4ccccc4)c4ccccc4)ccc2-c2ccccc2-3)cc1. The minimum absolute atomic E-state index is 1.12. The van der Waals surface area contributed by atoms with Gasteiger partial charge in [0.25, 0.3) is 0 Å². The lowest BCUT2D eigenvalue weighted by atomic mass is 9.94. The van der Waals surface area contributed by atoms with Gasteiger partial charge in [-0.15, -0.1) is 0 Å². The van der Waals surface area contributed by atoms with E-state index in [0.717, 1.165) is 34.1 Å². The number of hydrogen-bond donors (Lipinski definition) is 0. The van der Waals surface area contributed by atoms with E-state index in [1.807, 2.05) is 0 Å². The lowest BCUT2D eigenvalue weighted by Gasteiger charge is -2.37. The van der Waals surface area contributed by atoms with Crippen molar-refractivity contribution < 1.29 is 0 Å². The maximum absolute atomic E-state index is 3.14. The van der Waals surface area contributed by atoms with Gasteiger partial charge in [0, 0.05) is 34.1 Å². The van der Waals surface area contributed by atoms with Crippen LogP contribution in [0.4, 0.5) is 34.1 Å². The molecule has 3 heteroatoms. The Kier molecular flexibility index (Phi) is 8.90. The first-order valence-electron chi connectivity index (χ1n) is 19.6. The number of nitrogens with zero attached hydrogens (tertiary/aromatic N) is 2. The predicted molar refractivity (Wildman–Crippen MR) is 244 cm³/mol. The van der Waals surface area contributed by atoms with Gasteiger partial charge in [-0.1, -0.05) is 170 Å². The van der Waals surface area contributed by atoms with E-state index in [-0.39, 0.29) is 0 Å². The number of para-hydroxylation sites is 4. The van der Waals surface area contributed by atoms with Crippen molar-refractivity contribution in [3.05, 3.63) is 243 Å². The Hall–Kier alpha value is -7.20. The predicted octanol–water partition coefficient (Wildman–Crippen LogP) is 11.7. The molecule has 0 aromatic heterocycles. The van der Waals surface area contributed by atoms with Crippen LogP contribution in [-0.2, 0) is 0 Å². The molecule has 0 radical (unpaired) electrons. The molecule has 0 spiro atoms. The maximum Gasteiger partial charge on any atom is 0.181 e. The van der Waals surface area contributed by atoms with Gasteiger partial charge in [0.2, 0.25) is 0 Å². The fourth-order valence-electron chi connectivity index (χ4n) is 8.90. The topological polar surface area (TPSA) is 6.48 Å². The van der Waals surface area contributed by atoms with Crippen LogP contribution < -0.4 is 30.5 Å². The minimum Gasteiger partial charge on any atom is -0.311 e. The van der Waals surface area contributed by atoms with Crippen LogP contribution in [0, 0.1) is 0 Å². The summed E-state index contributed by atoms with van der Waals surface area (Å²) in [6.45, 7) is 0. The van der Waals surface area contributed by atoms with E-state index in [1.165, 1.54) is 43.0 Å². The monoisotopic (exact) mass is 744 g/mol. The molecule has 0 saturated carbocycles. The molecular weight excluding hydrogens is 705 g/mol. The molecule has 57 heavy (non-hydrogen) atoms. The highest BCUT2D eigenvalue weighted by Crippen LogP contribution is 2.42. The van der Waals surface area contributed by atoms with Crippen LogP contribution in [0.15, 0.2) is 243 Å². The van der Waals surface area contributed by atoms with Gasteiger partial charge in [0.05, 0.1) is 0 Å². The van der Waals surface area contributed by atoms with Gasteiger partial charge in [0.1, 0.15) is 0 Å². The summed E-state index contributed by atoms with van der Waals surface area (Å²) >= 11 is 0. The van der Waals surface area contributed by atoms with Gasteiger partial charge in [-0.2, -0.15) is 0 Å². The molecule has 0 N–H and O–H groups in total. The zero-order valence-electron chi connectivity index (χ0n) is 31.5. The molecule has 0 bridgehead atoms. The van der Waals surface area contributed by atoms with Crippen molar-refractivity contribution in [2.45, 2.75) is 0 Å². The first-order valence-corrected chi connectivity index (χ1v) is 21.6. The molecule has 1 heterocycles. The van der Waals surface area contributed by atoms with Gasteiger partial charge in [-0.3, -0.25) is 0 Å². The number of hydrogen-bond acceptors (Lipinski definition) is 2. The summed E-state index contributed by atoms with van der Waals surface area (Å²) in [4.78, 5) is 4.80. The minimum atomic E-state index is -3.14. The average Bonchev–Trinajstić information content (AvgIpc) is 3.39. The Bertz CT molecular complexity index is 2500. The first-order chi connectivity index (χ1) is 28.3. The van der Waals surface area contributed by atoms with Crippen LogP contribution in [-0.4, -0.2) is 8.07 Å². The highest BCUT2D eigenvalue weighted by Gasteiger charge is 2.47. The highest BCUT2D eigenvalue weighted by atomic mass is 28.3. The zero-order chi connectivity index (χ0) is 38.0. The van der Waals surface area contributed by atoms with Crippen LogP contribution >= 0.6 is 0 Å². The molecule has 0 saturated heterocycles. The molecule has 9 aromatic rings. The van der Waals surface area contributed by atoms with Gasteiger partial charge in [-0.05, 0) is 116 Å². The largest absolute Gasteiger partial charge is 0.311 e. The molecule has 2 nitrogen and oxygen atoms in total. The van der Waals surface area contributed by atoms with E-state index in [0.29, 0.717) is 0 Å². The fourth-order valence-corrected chi connectivity index (χ4v) is 14.1. The third-order valence-electron chi connectivity index (χ3n) is 11.3. The highest BCUT2D eigenvalue weighted by molar-refractivity contribution is 7.21. The molecule has 9 aromatic carbocycles. The molecule has 10 rings (SSSR count). The van der Waals surface area contributed by atoms with Crippen LogP contribution in [0.2, 0.25) is 0 Å². The van der Waals surface area contributed by atoms with E-state index < -0.39 is 8.07 Å². The maximum atomic E-state index is 2.52. The fraction of sp³-hybridized carbons (Fsp3) is 0. The molecule has 0 amide bonds. The lowest BCUT2D eigenvalue weighted by molar-refractivity contribution is 1.29. The molecule has 0 atom stereocenters. The summed E-state index contributed by atoms with van der Waals surface area (Å²) in [5.41, 5.74) is 11.8. The lowest BCUT2D eigenvalue weighted by Crippen LogP contribution is -2.75. The van der Waals surface area contributed by atoms with Crippen LogP contribution in [0.1, 0.15) is 0 Å². The summed E-state index contributed by atoms with van der Waals surface area (Å²) < 4.78 is 0. The van der Waals surface area contributed by atoms with Crippen LogP contribution in [0.25, 0.3) is 22.3 Å². The second kappa shape index (κ2) is 14.8. The van der Waals surface area contributed by atoms with Gasteiger partial charge >= 0.3 is 0 Å². The number of fused-ring (bicyclic) bond motifs is 5. The molecule has 1 aliphatic rings. The molecular formula is C54H40N2Si. The van der Waals surface area contributed by atoms with Crippen molar-refractivity contribution in [2.24, 2.45) is 0 Å². The van der Waals surface area contributed by atoms with Gasteiger partial charge in [-0.25, -0.2) is 0 Å². The summed E-state index contributed by atoms with van der Waals surface area (Å²) in [5.74, 6) is 0. The van der Waals surface area contributed by atoms with E-state index in [2.05, 4.69) is 252 Å². The summed E-state index contributed by atoms with van der Waals surface area (Å²) in [7, 11) is -3.14. The van der Waals surface area contributed by atoms with Crippen molar-refractivity contribution in [3.63, 3.8) is 0 Å². The molecule has 0 unspecified atom stereocenters. The van der Waals surface area contributed by atoms with Gasteiger partial charge < -0.3 is 9.80 Å². The standard InChI is InChI=1S/C54H40N2Si/c1-7-21-41(22-8-1)55(42-23-9-2-10-24-42)45-35-37-51-49-33-19-20-34-50(49)52-38-36-46(56(43-25-11-3-12-26-43)44-27-13-4-14-28-44)40-54(52)57(53(51)39-45,47-29-15-5-16-30-47)48-31-17-6-18-32-48/h1-40H. The summed E-state index contributed by atoms with van der Waals surface area (Å²) in [5, 5.41) is 5.42. The molecule has 0 fully saturated rings. The normalized spacial score (nSPS) is 12.4. The first kappa shape index (κ1) is 34.3. The molecule has 1 aliphatic heterocycles. The Labute approximate surface area is 336 Å². The third-order valence-corrected chi connectivity index (χ3v) is 16.2. The van der Waals surface area contributed by atoms with Crippen molar-refractivity contribution in [1.29, 1.82) is 0 Å². The Morgan fingerprint density at radius 2 is 0.509 bits per heavy atom. The molecule has 270 valence electrons. The van der Waals surface area contributed by atoms with E-state index in [1.54, 1.807) is 0 Å². The average molecular weight is 745 g/mol. The second-order valence-electron chi connectivity index (χ2n) is 14.5. The molecule has 0 aliphatic carbocycles. The summed E-state index contributed by atoms with van der Waals surface area (Å²) in [6.07, 6.45) is 0. The van der Waals surface area contributed by atoms with E-state index >= 15 is 0 Å². The van der Waals surface area contributed by atoms with E-state index in [4.69, 9.17) is 0 Å². The number of anilines is 6. The van der Waals surface area contributed by atoms with Crippen molar-refractivity contribution in [2.75, 3.05) is 9.80 Å². The van der Waals surface area contributed by atoms with Crippen molar-refractivity contribution in [3.8, 4) is 22.3 Å². The Morgan fingerprint density at radius 3 is 0.825 bits per heavy atom. The second-order valence-corrected chi connectivity index (χ2v) is 18.2. The third kappa shape index (κ3) is 5.97.